The van der Waals surface area contributed by atoms with Crippen molar-refractivity contribution < 1.29 is 24.6 Å². The van der Waals surface area contributed by atoms with Crippen LogP contribution in [0.15, 0.2) is 24.3 Å². The minimum absolute atomic E-state index is 0.0109. The minimum Gasteiger partial charge on any atom is -0.493 e. The zero-order valence-electron chi connectivity index (χ0n) is 11.6. The Kier molecular flexibility index (Phi) is 9.37. The molecule has 0 aromatic heterocycles. The van der Waals surface area contributed by atoms with Crippen molar-refractivity contribution in [1.29, 1.82) is 0 Å². The average molecular weight is 285 g/mol. The number of carboxylic acids is 1. The van der Waals surface area contributed by atoms with Crippen LogP contribution in [0.4, 0.5) is 0 Å². The van der Waals surface area contributed by atoms with Crippen molar-refractivity contribution in [3.8, 4) is 5.75 Å². The molecule has 7 heteroatoms. The molecule has 0 aliphatic heterocycles. The monoisotopic (exact) mass is 285 g/mol. The molecule has 0 bridgehead atoms. The lowest BCUT2D eigenvalue weighted by atomic mass is 10.2. The van der Waals surface area contributed by atoms with Crippen molar-refractivity contribution in [2.24, 2.45) is 0 Å². The SMILES string of the molecule is CC.O=C(O)c1ccccc1OCCCCO[N+](=O)[O-]. The van der Waals surface area contributed by atoms with Gasteiger partial charge in [0, 0.05) is 0 Å². The third-order valence-electron chi connectivity index (χ3n) is 2.11. The van der Waals surface area contributed by atoms with Crippen molar-refractivity contribution in [3.63, 3.8) is 0 Å². The molecule has 0 aliphatic carbocycles. The molecule has 0 unspecified atom stereocenters. The Balaban J connectivity index is 0.00000172. The Morgan fingerprint density at radius 2 is 1.85 bits per heavy atom. The van der Waals surface area contributed by atoms with E-state index in [-0.39, 0.29) is 18.8 Å². The predicted octanol–water partition coefficient (Wildman–Crippen LogP) is 2.78. The van der Waals surface area contributed by atoms with E-state index in [9.17, 15) is 14.9 Å². The number of ether oxygens (including phenoxy) is 1. The number of nitrogens with zero attached hydrogens (tertiary/aromatic N) is 1. The highest BCUT2D eigenvalue weighted by Crippen LogP contribution is 2.17. The highest BCUT2D eigenvalue weighted by atomic mass is 16.9. The first kappa shape index (κ1) is 17.7. The maximum absolute atomic E-state index is 10.9. The molecular formula is C13H19NO6. The van der Waals surface area contributed by atoms with Gasteiger partial charge in [0.05, 0.1) is 13.2 Å². The van der Waals surface area contributed by atoms with Crippen LogP contribution in [0, 0.1) is 10.1 Å². The van der Waals surface area contributed by atoms with E-state index in [4.69, 9.17) is 9.84 Å². The lowest BCUT2D eigenvalue weighted by Gasteiger charge is -2.08. The molecule has 1 aromatic rings. The number of para-hydroxylation sites is 1. The van der Waals surface area contributed by atoms with E-state index >= 15 is 0 Å². The topological polar surface area (TPSA) is 98.9 Å². The highest BCUT2D eigenvalue weighted by Gasteiger charge is 2.09. The molecule has 0 saturated heterocycles. The summed E-state index contributed by atoms with van der Waals surface area (Å²) in [6.07, 6.45) is 1.01. The molecule has 0 fully saturated rings. The first-order valence-corrected chi connectivity index (χ1v) is 6.33. The summed E-state index contributed by atoms with van der Waals surface area (Å²) in [6.45, 7) is 4.29. The summed E-state index contributed by atoms with van der Waals surface area (Å²) in [5, 5.41) is 17.9. The Bertz CT molecular complexity index is 421. The van der Waals surface area contributed by atoms with Gasteiger partial charge in [-0.2, -0.15) is 0 Å². The van der Waals surface area contributed by atoms with Gasteiger partial charge < -0.3 is 14.7 Å². The molecule has 1 aromatic carbocycles. The molecule has 0 amide bonds. The molecule has 7 nitrogen and oxygen atoms in total. The summed E-state index contributed by atoms with van der Waals surface area (Å²) in [6, 6.07) is 6.31. The van der Waals surface area contributed by atoms with Gasteiger partial charge in [0.25, 0.3) is 5.09 Å². The van der Waals surface area contributed by atoms with Crippen LogP contribution in [0.1, 0.15) is 37.0 Å². The van der Waals surface area contributed by atoms with Gasteiger partial charge in [0.2, 0.25) is 0 Å². The number of unbranched alkanes of at least 4 members (excludes halogenated alkanes) is 1. The summed E-state index contributed by atoms with van der Waals surface area (Å²) in [7, 11) is 0. The van der Waals surface area contributed by atoms with E-state index < -0.39 is 11.1 Å². The molecular weight excluding hydrogens is 266 g/mol. The Morgan fingerprint density at radius 3 is 2.45 bits per heavy atom. The number of rotatable bonds is 8. The Hall–Kier alpha value is -2.31. The minimum atomic E-state index is -1.05. The van der Waals surface area contributed by atoms with Crippen molar-refractivity contribution in [2.75, 3.05) is 13.2 Å². The van der Waals surface area contributed by atoms with Crippen molar-refractivity contribution in [3.05, 3.63) is 39.9 Å². The van der Waals surface area contributed by atoms with Gasteiger partial charge in [-0.15, -0.1) is 10.1 Å². The zero-order chi connectivity index (χ0) is 15.4. The van der Waals surface area contributed by atoms with E-state index in [2.05, 4.69) is 4.84 Å². The highest BCUT2D eigenvalue weighted by molar-refractivity contribution is 5.90. The van der Waals surface area contributed by atoms with Crippen LogP contribution in [-0.4, -0.2) is 29.4 Å². The molecule has 0 saturated carbocycles. The van der Waals surface area contributed by atoms with E-state index in [0.29, 0.717) is 18.6 Å². The fraction of sp³-hybridized carbons (Fsp3) is 0.462. The van der Waals surface area contributed by atoms with Gasteiger partial charge in [-0.25, -0.2) is 4.79 Å². The molecule has 0 heterocycles. The molecule has 0 radical (unpaired) electrons. The van der Waals surface area contributed by atoms with Gasteiger partial charge in [-0.3, -0.25) is 0 Å². The van der Waals surface area contributed by atoms with Gasteiger partial charge in [-0.1, -0.05) is 26.0 Å². The van der Waals surface area contributed by atoms with Crippen LogP contribution in [0.5, 0.6) is 5.75 Å². The van der Waals surface area contributed by atoms with Crippen LogP contribution in [-0.2, 0) is 4.84 Å². The third-order valence-corrected chi connectivity index (χ3v) is 2.11. The average Bonchev–Trinajstić information content (AvgIpc) is 2.45. The van der Waals surface area contributed by atoms with Gasteiger partial charge in [-0.05, 0) is 25.0 Å². The number of carbonyl (C=O) groups is 1. The van der Waals surface area contributed by atoms with Crippen molar-refractivity contribution in [1.82, 2.24) is 0 Å². The van der Waals surface area contributed by atoms with Crippen LogP contribution in [0.2, 0.25) is 0 Å². The van der Waals surface area contributed by atoms with Gasteiger partial charge in [0.15, 0.2) is 0 Å². The van der Waals surface area contributed by atoms with E-state index in [1.54, 1.807) is 18.2 Å². The molecule has 112 valence electrons. The standard InChI is InChI=1S/C11H13NO6.C2H6/c13-11(14)9-5-1-2-6-10(9)17-7-3-4-8-18-12(15)16;1-2/h1-2,5-6H,3-4,7-8H2,(H,13,14);1-2H3. The molecule has 1 rings (SSSR count). The largest absolute Gasteiger partial charge is 0.493 e. The maximum Gasteiger partial charge on any atom is 0.339 e. The summed E-state index contributed by atoms with van der Waals surface area (Å²) < 4.78 is 5.30. The second-order valence-electron chi connectivity index (χ2n) is 3.41. The lowest BCUT2D eigenvalue weighted by Crippen LogP contribution is -2.06. The van der Waals surface area contributed by atoms with Crippen LogP contribution in [0.25, 0.3) is 0 Å². The smallest absolute Gasteiger partial charge is 0.339 e. The summed E-state index contributed by atoms with van der Waals surface area (Å²) in [5.74, 6) is -0.762. The van der Waals surface area contributed by atoms with Gasteiger partial charge >= 0.3 is 5.97 Å². The number of aromatic carboxylic acids is 1. The number of hydrogen-bond donors (Lipinski definition) is 1. The fourth-order valence-electron chi connectivity index (χ4n) is 1.29. The molecule has 0 aliphatic rings. The summed E-state index contributed by atoms with van der Waals surface area (Å²) in [5.41, 5.74) is 0.0963. The maximum atomic E-state index is 10.9. The molecule has 1 N–H and O–H groups in total. The van der Waals surface area contributed by atoms with Crippen LogP contribution >= 0.6 is 0 Å². The summed E-state index contributed by atoms with van der Waals surface area (Å²) in [4.78, 5) is 24.8. The van der Waals surface area contributed by atoms with E-state index in [1.165, 1.54) is 6.07 Å². The second-order valence-corrected chi connectivity index (χ2v) is 3.41. The quantitative estimate of drug-likeness (QED) is 0.448. The fourth-order valence-corrected chi connectivity index (χ4v) is 1.29. The van der Waals surface area contributed by atoms with Crippen molar-refractivity contribution in [2.45, 2.75) is 26.7 Å². The molecule has 0 spiro atoms. The molecule has 20 heavy (non-hydrogen) atoms. The lowest BCUT2D eigenvalue weighted by molar-refractivity contribution is -0.757. The second kappa shape index (κ2) is 10.6. The first-order chi connectivity index (χ1) is 9.61. The summed E-state index contributed by atoms with van der Waals surface area (Å²) >= 11 is 0. The van der Waals surface area contributed by atoms with Crippen LogP contribution < -0.4 is 4.74 Å². The van der Waals surface area contributed by atoms with E-state index in [1.807, 2.05) is 13.8 Å². The molecule has 0 atom stereocenters. The first-order valence-electron chi connectivity index (χ1n) is 6.33. The van der Waals surface area contributed by atoms with E-state index in [0.717, 1.165) is 0 Å². The van der Waals surface area contributed by atoms with Crippen molar-refractivity contribution >= 4 is 5.97 Å². The number of hydrogen-bond acceptors (Lipinski definition) is 5. The Labute approximate surface area is 117 Å². The van der Waals surface area contributed by atoms with Crippen LogP contribution in [0.3, 0.4) is 0 Å². The number of carboxylic acid groups (broad SMARTS) is 1. The normalized spacial score (nSPS) is 9.10. The third kappa shape index (κ3) is 7.20. The zero-order valence-corrected chi connectivity index (χ0v) is 11.6. The predicted molar refractivity (Wildman–Crippen MR) is 72.4 cm³/mol. The Morgan fingerprint density at radius 1 is 1.25 bits per heavy atom. The van der Waals surface area contributed by atoms with Gasteiger partial charge in [0.1, 0.15) is 11.3 Å². The number of benzene rings is 1.